The number of amides is 1. The maximum Gasteiger partial charge on any atom is 0.340 e. The first-order valence-corrected chi connectivity index (χ1v) is 11.9. The first-order valence-electron chi connectivity index (χ1n) is 9.75. The molecule has 11 heteroatoms. The molecule has 0 N–H and O–H groups in total. The van der Waals surface area contributed by atoms with Crippen molar-refractivity contribution in [1.82, 2.24) is 9.21 Å². The molecule has 1 aromatic carbocycles. The number of piperidine rings is 1. The van der Waals surface area contributed by atoms with E-state index in [0.29, 0.717) is 6.54 Å². The van der Waals surface area contributed by atoms with Crippen LogP contribution in [0.25, 0.3) is 0 Å². The van der Waals surface area contributed by atoms with Gasteiger partial charge in [0, 0.05) is 25.7 Å². The van der Waals surface area contributed by atoms with Crippen molar-refractivity contribution >= 4 is 45.1 Å². The summed E-state index contributed by atoms with van der Waals surface area (Å²) in [6.07, 6.45) is 2.88. The molecule has 2 aliphatic rings. The fraction of sp³-hybridized carbons (Fsp3) is 0.579. The van der Waals surface area contributed by atoms with Crippen LogP contribution >= 0.6 is 23.2 Å². The van der Waals surface area contributed by atoms with E-state index in [2.05, 4.69) is 0 Å². The van der Waals surface area contributed by atoms with Gasteiger partial charge in [0.1, 0.15) is 4.90 Å². The van der Waals surface area contributed by atoms with Crippen molar-refractivity contribution in [1.29, 1.82) is 0 Å². The van der Waals surface area contributed by atoms with E-state index in [1.807, 2.05) is 6.92 Å². The SMILES string of the molecule is CC1CCCCN1C(=O)COC(=O)c1cc(S(=O)(=O)N2CCOCC2)c(Cl)cc1Cl. The number of esters is 1. The van der Waals surface area contributed by atoms with Crippen LogP contribution in [0.4, 0.5) is 0 Å². The van der Waals surface area contributed by atoms with Gasteiger partial charge >= 0.3 is 5.97 Å². The Labute approximate surface area is 186 Å². The second kappa shape index (κ2) is 9.82. The van der Waals surface area contributed by atoms with Gasteiger partial charge in [0.2, 0.25) is 10.0 Å². The number of sulfonamides is 1. The van der Waals surface area contributed by atoms with Crippen LogP contribution in [0.15, 0.2) is 17.0 Å². The van der Waals surface area contributed by atoms with Crippen molar-refractivity contribution in [2.75, 3.05) is 39.5 Å². The second-order valence-electron chi connectivity index (χ2n) is 7.29. The average molecular weight is 479 g/mol. The highest BCUT2D eigenvalue weighted by molar-refractivity contribution is 7.89. The van der Waals surface area contributed by atoms with Crippen LogP contribution in [0.3, 0.4) is 0 Å². The Morgan fingerprint density at radius 2 is 1.83 bits per heavy atom. The summed E-state index contributed by atoms with van der Waals surface area (Å²) in [6.45, 7) is 3.06. The molecule has 3 rings (SSSR count). The smallest absolute Gasteiger partial charge is 0.340 e. The van der Waals surface area contributed by atoms with Gasteiger partial charge in [0.15, 0.2) is 6.61 Å². The maximum atomic E-state index is 12.9. The Hall–Kier alpha value is -1.39. The third kappa shape index (κ3) is 5.08. The number of hydrogen-bond acceptors (Lipinski definition) is 6. The molecule has 0 spiro atoms. The van der Waals surface area contributed by atoms with Gasteiger partial charge in [-0.05, 0) is 38.3 Å². The lowest BCUT2D eigenvalue weighted by Crippen LogP contribution is -2.44. The summed E-state index contributed by atoms with van der Waals surface area (Å²) in [5.41, 5.74) is -0.160. The van der Waals surface area contributed by atoms with Crippen molar-refractivity contribution in [2.24, 2.45) is 0 Å². The van der Waals surface area contributed by atoms with Crippen LogP contribution in [0.5, 0.6) is 0 Å². The Bertz CT molecular complexity index is 918. The fourth-order valence-electron chi connectivity index (χ4n) is 3.57. The van der Waals surface area contributed by atoms with Gasteiger partial charge in [-0.25, -0.2) is 13.2 Å². The quantitative estimate of drug-likeness (QED) is 0.603. The van der Waals surface area contributed by atoms with Gasteiger partial charge in [0.05, 0.1) is 28.8 Å². The first kappa shape index (κ1) is 23.3. The minimum absolute atomic E-state index is 0.0512. The van der Waals surface area contributed by atoms with E-state index in [1.54, 1.807) is 4.90 Å². The van der Waals surface area contributed by atoms with Crippen LogP contribution < -0.4 is 0 Å². The molecule has 0 radical (unpaired) electrons. The first-order chi connectivity index (χ1) is 14.2. The molecular weight excluding hydrogens is 455 g/mol. The summed E-state index contributed by atoms with van der Waals surface area (Å²) in [6, 6.07) is 2.39. The molecule has 2 saturated heterocycles. The Kier molecular flexibility index (Phi) is 7.62. The minimum Gasteiger partial charge on any atom is -0.452 e. The second-order valence-corrected chi connectivity index (χ2v) is 10.0. The van der Waals surface area contributed by atoms with E-state index in [-0.39, 0.29) is 58.8 Å². The van der Waals surface area contributed by atoms with Crippen LogP contribution in [0.1, 0.15) is 36.5 Å². The molecule has 0 bridgehead atoms. The summed E-state index contributed by atoms with van der Waals surface area (Å²) in [4.78, 5) is 26.4. The number of benzene rings is 1. The monoisotopic (exact) mass is 478 g/mol. The number of nitrogens with zero attached hydrogens (tertiary/aromatic N) is 2. The van der Waals surface area contributed by atoms with E-state index in [4.69, 9.17) is 32.7 Å². The highest BCUT2D eigenvalue weighted by Gasteiger charge is 2.31. The number of hydrogen-bond donors (Lipinski definition) is 0. The Balaban J connectivity index is 1.76. The maximum absolute atomic E-state index is 12.9. The molecule has 2 aliphatic heterocycles. The zero-order valence-electron chi connectivity index (χ0n) is 16.6. The number of likely N-dealkylation sites (tertiary alicyclic amines) is 1. The van der Waals surface area contributed by atoms with Crippen molar-refractivity contribution in [3.8, 4) is 0 Å². The summed E-state index contributed by atoms with van der Waals surface area (Å²) in [5.74, 6) is -1.17. The van der Waals surface area contributed by atoms with Crippen molar-refractivity contribution in [2.45, 2.75) is 37.1 Å². The van der Waals surface area contributed by atoms with Gasteiger partial charge < -0.3 is 14.4 Å². The molecule has 1 aromatic rings. The molecule has 1 unspecified atom stereocenters. The largest absolute Gasteiger partial charge is 0.452 e. The summed E-state index contributed by atoms with van der Waals surface area (Å²) in [7, 11) is -3.94. The van der Waals surface area contributed by atoms with Gasteiger partial charge in [-0.3, -0.25) is 4.79 Å². The van der Waals surface area contributed by atoms with E-state index < -0.39 is 22.6 Å². The van der Waals surface area contributed by atoms with Crippen molar-refractivity contribution in [3.05, 3.63) is 27.7 Å². The molecule has 1 atom stereocenters. The van der Waals surface area contributed by atoms with E-state index in [1.165, 1.54) is 10.4 Å². The third-order valence-electron chi connectivity index (χ3n) is 5.28. The van der Waals surface area contributed by atoms with Crippen LogP contribution in [-0.2, 0) is 24.3 Å². The number of halogens is 2. The van der Waals surface area contributed by atoms with Gasteiger partial charge in [-0.15, -0.1) is 0 Å². The number of ether oxygens (including phenoxy) is 2. The predicted octanol–water partition coefficient (Wildman–Crippen LogP) is 2.57. The lowest BCUT2D eigenvalue weighted by molar-refractivity contribution is -0.137. The number of morpholine rings is 1. The van der Waals surface area contributed by atoms with E-state index in [9.17, 15) is 18.0 Å². The van der Waals surface area contributed by atoms with Crippen molar-refractivity contribution < 1.29 is 27.5 Å². The molecule has 8 nitrogen and oxygen atoms in total. The van der Waals surface area contributed by atoms with E-state index in [0.717, 1.165) is 25.3 Å². The molecule has 0 aromatic heterocycles. The van der Waals surface area contributed by atoms with E-state index >= 15 is 0 Å². The molecule has 0 saturated carbocycles. The highest BCUT2D eigenvalue weighted by atomic mass is 35.5. The number of carbonyl (C=O) groups excluding carboxylic acids is 2. The Morgan fingerprint density at radius 3 is 2.50 bits per heavy atom. The molecule has 166 valence electrons. The standard InChI is InChI=1S/C19H24Cl2N2O6S/c1-13-4-2-3-5-23(13)18(24)12-29-19(25)14-10-17(16(21)11-15(14)20)30(26,27)22-6-8-28-9-7-22/h10-11,13H,2-9,12H2,1H3. The molecule has 1 amide bonds. The predicted molar refractivity (Wildman–Crippen MR) is 111 cm³/mol. The molecule has 2 heterocycles. The normalized spacial score (nSPS) is 20.8. The van der Waals surface area contributed by atoms with Gasteiger partial charge in [-0.1, -0.05) is 23.2 Å². The molecule has 2 fully saturated rings. The fourth-order valence-corrected chi connectivity index (χ4v) is 5.80. The third-order valence-corrected chi connectivity index (χ3v) is 7.96. The van der Waals surface area contributed by atoms with Crippen LogP contribution in [0.2, 0.25) is 10.0 Å². The average Bonchev–Trinajstić information content (AvgIpc) is 2.72. The zero-order valence-corrected chi connectivity index (χ0v) is 18.9. The minimum atomic E-state index is -3.94. The number of carbonyl (C=O) groups is 2. The van der Waals surface area contributed by atoms with Gasteiger partial charge in [0.25, 0.3) is 5.91 Å². The van der Waals surface area contributed by atoms with Crippen LogP contribution in [0, 0.1) is 0 Å². The van der Waals surface area contributed by atoms with Gasteiger partial charge in [-0.2, -0.15) is 4.31 Å². The summed E-state index contributed by atoms with van der Waals surface area (Å²) >= 11 is 12.2. The Morgan fingerprint density at radius 1 is 1.13 bits per heavy atom. The topological polar surface area (TPSA) is 93.2 Å². The summed E-state index contributed by atoms with van der Waals surface area (Å²) in [5, 5.41) is -0.147. The van der Waals surface area contributed by atoms with Crippen LogP contribution in [-0.4, -0.2) is 75.0 Å². The molecular formula is C19H24Cl2N2O6S. The lowest BCUT2D eigenvalue weighted by atomic mass is 10.0. The molecule has 30 heavy (non-hydrogen) atoms. The molecule has 0 aliphatic carbocycles. The van der Waals surface area contributed by atoms with Crippen molar-refractivity contribution in [3.63, 3.8) is 0 Å². The number of rotatable bonds is 5. The highest BCUT2D eigenvalue weighted by Crippen LogP contribution is 2.31. The lowest BCUT2D eigenvalue weighted by Gasteiger charge is -2.33. The summed E-state index contributed by atoms with van der Waals surface area (Å²) < 4.78 is 37.4. The zero-order chi connectivity index (χ0) is 21.9.